The van der Waals surface area contributed by atoms with Crippen LogP contribution in [0.5, 0.6) is 0 Å². The number of rotatable bonds is 2. The second-order valence-corrected chi connectivity index (χ2v) is 5.93. The first-order valence-electron chi connectivity index (χ1n) is 5.92. The summed E-state index contributed by atoms with van der Waals surface area (Å²) in [5, 5.41) is 3.42. The second kappa shape index (κ2) is 2.97. The first-order chi connectivity index (χ1) is 6.82. The molecule has 0 aromatic rings. The van der Waals surface area contributed by atoms with E-state index in [-0.39, 0.29) is 17.6 Å². The predicted octanol–water partition coefficient (Wildman–Crippen LogP) is 1.73. The number of nitrogens with zero attached hydrogens (tertiary/aromatic N) is 1. The molecule has 2 fully saturated rings. The van der Waals surface area contributed by atoms with Gasteiger partial charge in [0.15, 0.2) is 0 Å². The maximum absolute atomic E-state index is 12.3. The number of nitrogens with one attached hydrogen (secondary N) is 1. The van der Waals surface area contributed by atoms with E-state index < -0.39 is 0 Å². The molecule has 1 aliphatic heterocycles. The van der Waals surface area contributed by atoms with E-state index in [1.165, 1.54) is 0 Å². The molecular formula is C12H22N2O. The minimum absolute atomic E-state index is 0.189. The molecule has 1 saturated heterocycles. The van der Waals surface area contributed by atoms with Gasteiger partial charge < -0.3 is 4.90 Å². The van der Waals surface area contributed by atoms with Crippen LogP contribution in [0.25, 0.3) is 0 Å². The normalized spacial score (nSPS) is 43.5. The molecular weight excluding hydrogens is 188 g/mol. The standard InChI is InChI=1S/C12H22N2O/c1-6-12(5)10(15)14(8(2)13-12)9-7-11(9,3)4/h8-9,13H,6-7H2,1-5H3. The van der Waals surface area contributed by atoms with Crippen molar-refractivity contribution in [3.05, 3.63) is 0 Å². The molecule has 86 valence electrons. The zero-order chi connectivity index (χ0) is 11.4. The fourth-order valence-electron chi connectivity index (χ4n) is 2.63. The summed E-state index contributed by atoms with van der Waals surface area (Å²) in [6.45, 7) is 10.6. The molecule has 0 aromatic heterocycles. The Morgan fingerprint density at radius 1 is 1.47 bits per heavy atom. The molecule has 1 amide bonds. The summed E-state index contributed by atoms with van der Waals surface area (Å²) in [7, 11) is 0. The summed E-state index contributed by atoms with van der Waals surface area (Å²) in [5.74, 6) is 0.285. The van der Waals surface area contributed by atoms with Gasteiger partial charge >= 0.3 is 0 Å². The minimum Gasteiger partial charge on any atom is -0.322 e. The Balaban J connectivity index is 2.18. The second-order valence-electron chi connectivity index (χ2n) is 5.93. The van der Waals surface area contributed by atoms with Crippen LogP contribution in [0.2, 0.25) is 0 Å². The van der Waals surface area contributed by atoms with Gasteiger partial charge in [-0.05, 0) is 32.1 Å². The van der Waals surface area contributed by atoms with E-state index in [9.17, 15) is 4.79 Å². The van der Waals surface area contributed by atoms with Crippen LogP contribution >= 0.6 is 0 Å². The summed E-state index contributed by atoms with van der Waals surface area (Å²) < 4.78 is 0. The number of carbonyl (C=O) groups excluding carboxylic acids is 1. The highest BCUT2D eigenvalue weighted by atomic mass is 16.2. The fraction of sp³-hybridized carbons (Fsp3) is 0.917. The molecule has 3 atom stereocenters. The van der Waals surface area contributed by atoms with Crippen molar-refractivity contribution in [2.75, 3.05) is 0 Å². The van der Waals surface area contributed by atoms with Crippen molar-refractivity contribution in [1.29, 1.82) is 0 Å². The molecule has 15 heavy (non-hydrogen) atoms. The monoisotopic (exact) mass is 210 g/mol. The molecule has 1 N–H and O–H groups in total. The third-order valence-electron chi connectivity index (χ3n) is 4.16. The summed E-state index contributed by atoms with van der Waals surface area (Å²) in [4.78, 5) is 14.4. The topological polar surface area (TPSA) is 32.3 Å². The van der Waals surface area contributed by atoms with E-state index in [0.29, 0.717) is 11.5 Å². The van der Waals surface area contributed by atoms with Gasteiger partial charge in [0.25, 0.3) is 0 Å². The number of carbonyl (C=O) groups is 1. The van der Waals surface area contributed by atoms with Crippen LogP contribution in [0.4, 0.5) is 0 Å². The van der Waals surface area contributed by atoms with E-state index in [0.717, 1.165) is 12.8 Å². The third kappa shape index (κ3) is 1.48. The van der Waals surface area contributed by atoms with E-state index >= 15 is 0 Å². The minimum atomic E-state index is -0.335. The molecule has 2 aliphatic rings. The summed E-state index contributed by atoms with van der Waals surface area (Å²) in [6.07, 6.45) is 2.19. The lowest BCUT2D eigenvalue weighted by molar-refractivity contribution is -0.133. The molecule has 2 rings (SSSR count). The molecule has 0 spiro atoms. The first kappa shape index (κ1) is 10.9. The van der Waals surface area contributed by atoms with E-state index in [1.54, 1.807) is 0 Å². The highest BCUT2D eigenvalue weighted by Crippen LogP contribution is 2.50. The molecule has 1 aliphatic carbocycles. The largest absolute Gasteiger partial charge is 0.322 e. The Morgan fingerprint density at radius 2 is 2.00 bits per heavy atom. The highest BCUT2D eigenvalue weighted by molar-refractivity contribution is 5.89. The Hall–Kier alpha value is -0.570. The molecule has 0 bridgehead atoms. The van der Waals surface area contributed by atoms with Crippen molar-refractivity contribution in [1.82, 2.24) is 10.2 Å². The molecule has 3 nitrogen and oxygen atoms in total. The maximum Gasteiger partial charge on any atom is 0.244 e. The van der Waals surface area contributed by atoms with Crippen LogP contribution in [-0.2, 0) is 4.79 Å². The average Bonchev–Trinajstić information content (AvgIpc) is 2.67. The number of hydrogen-bond acceptors (Lipinski definition) is 2. The lowest BCUT2D eigenvalue weighted by atomic mass is 9.99. The summed E-state index contributed by atoms with van der Waals surface area (Å²) >= 11 is 0. The Morgan fingerprint density at radius 3 is 2.33 bits per heavy atom. The highest BCUT2D eigenvalue weighted by Gasteiger charge is 2.57. The smallest absolute Gasteiger partial charge is 0.244 e. The summed E-state index contributed by atoms with van der Waals surface area (Å²) in [6, 6.07) is 0.445. The van der Waals surface area contributed by atoms with Crippen LogP contribution in [0.15, 0.2) is 0 Å². The van der Waals surface area contributed by atoms with Gasteiger partial charge in [0.2, 0.25) is 5.91 Å². The lowest BCUT2D eigenvalue weighted by Gasteiger charge is -2.23. The Kier molecular flexibility index (Phi) is 2.16. The SMILES string of the molecule is CCC1(C)NC(C)N(C2CC2(C)C)C1=O. The van der Waals surface area contributed by atoms with E-state index in [1.807, 2.05) is 6.92 Å². The van der Waals surface area contributed by atoms with Crippen molar-refractivity contribution in [3.63, 3.8) is 0 Å². The van der Waals surface area contributed by atoms with Crippen molar-refractivity contribution in [2.24, 2.45) is 5.41 Å². The van der Waals surface area contributed by atoms with Gasteiger partial charge in [-0.3, -0.25) is 10.1 Å². The molecule has 0 radical (unpaired) electrons. The number of hydrogen-bond donors (Lipinski definition) is 1. The van der Waals surface area contributed by atoms with Gasteiger partial charge in [-0.1, -0.05) is 20.8 Å². The van der Waals surface area contributed by atoms with Crippen LogP contribution in [0, 0.1) is 5.41 Å². The first-order valence-corrected chi connectivity index (χ1v) is 5.92. The Labute approximate surface area is 92.2 Å². The van der Waals surface area contributed by atoms with Crippen molar-refractivity contribution in [3.8, 4) is 0 Å². The Bertz CT molecular complexity index is 300. The van der Waals surface area contributed by atoms with Crippen LogP contribution in [0.3, 0.4) is 0 Å². The van der Waals surface area contributed by atoms with Gasteiger partial charge in [0.1, 0.15) is 0 Å². The summed E-state index contributed by atoms with van der Waals surface area (Å²) in [5.41, 5.74) is -0.0112. The van der Waals surface area contributed by atoms with Gasteiger partial charge in [-0.2, -0.15) is 0 Å². The fourth-order valence-corrected chi connectivity index (χ4v) is 2.63. The van der Waals surface area contributed by atoms with E-state index in [2.05, 4.69) is 37.9 Å². The zero-order valence-electron chi connectivity index (χ0n) is 10.4. The lowest BCUT2D eigenvalue weighted by Crippen LogP contribution is -2.43. The van der Waals surface area contributed by atoms with Crippen LogP contribution in [0.1, 0.15) is 47.5 Å². The number of amides is 1. The van der Waals surface area contributed by atoms with Gasteiger partial charge in [-0.25, -0.2) is 0 Å². The van der Waals surface area contributed by atoms with Crippen molar-refractivity contribution < 1.29 is 4.79 Å². The van der Waals surface area contributed by atoms with E-state index in [4.69, 9.17) is 0 Å². The quantitative estimate of drug-likeness (QED) is 0.753. The predicted molar refractivity (Wildman–Crippen MR) is 60.3 cm³/mol. The van der Waals surface area contributed by atoms with Gasteiger partial charge in [0.05, 0.1) is 11.7 Å². The van der Waals surface area contributed by atoms with Crippen LogP contribution < -0.4 is 5.32 Å². The molecule has 3 heteroatoms. The average molecular weight is 210 g/mol. The maximum atomic E-state index is 12.3. The molecule has 3 unspecified atom stereocenters. The van der Waals surface area contributed by atoms with Gasteiger partial charge in [-0.15, -0.1) is 0 Å². The molecule has 1 heterocycles. The zero-order valence-corrected chi connectivity index (χ0v) is 10.4. The van der Waals surface area contributed by atoms with Gasteiger partial charge in [0, 0.05) is 6.04 Å². The van der Waals surface area contributed by atoms with Crippen LogP contribution in [-0.4, -0.2) is 28.6 Å². The molecule has 1 saturated carbocycles. The molecule has 0 aromatic carbocycles. The van der Waals surface area contributed by atoms with Crippen molar-refractivity contribution in [2.45, 2.75) is 65.2 Å². The van der Waals surface area contributed by atoms with Crippen molar-refractivity contribution >= 4 is 5.91 Å². The third-order valence-corrected chi connectivity index (χ3v) is 4.16.